The van der Waals surface area contributed by atoms with E-state index in [1.165, 1.54) is 6.07 Å². The third-order valence-electron chi connectivity index (χ3n) is 2.68. The molecule has 1 heterocycles. The van der Waals surface area contributed by atoms with Gasteiger partial charge in [-0.2, -0.15) is 0 Å². The minimum Gasteiger partial charge on any atom is -0.287 e. The van der Waals surface area contributed by atoms with Crippen LogP contribution in [-0.4, -0.2) is 15.4 Å². The Morgan fingerprint density at radius 2 is 2.05 bits per heavy atom. The Bertz CT molecular complexity index is 681. The van der Waals surface area contributed by atoms with E-state index in [1.807, 2.05) is 20.8 Å². The third-order valence-corrected chi connectivity index (χ3v) is 4.67. The molecule has 1 aromatic carbocycles. The van der Waals surface area contributed by atoms with Crippen LogP contribution in [0.2, 0.25) is 5.02 Å². The van der Waals surface area contributed by atoms with Crippen LogP contribution in [0.5, 0.6) is 0 Å². The Morgan fingerprint density at radius 3 is 2.65 bits per heavy atom. The van der Waals surface area contributed by atoms with Crippen molar-refractivity contribution in [3.8, 4) is 0 Å². The van der Waals surface area contributed by atoms with Crippen molar-refractivity contribution in [2.75, 3.05) is 0 Å². The van der Waals surface area contributed by atoms with E-state index >= 15 is 0 Å². The van der Waals surface area contributed by atoms with Gasteiger partial charge in [0.05, 0.1) is 16.3 Å². The molecule has 0 unspecified atom stereocenters. The lowest BCUT2D eigenvalue weighted by atomic mass is 9.90. The first kappa shape index (κ1) is 15.5. The fourth-order valence-electron chi connectivity index (χ4n) is 1.65. The Balaban J connectivity index is 2.54. The fourth-order valence-corrected chi connectivity index (χ4v) is 2.96. The van der Waals surface area contributed by atoms with Crippen LogP contribution in [-0.2, 0) is 5.41 Å². The van der Waals surface area contributed by atoms with Gasteiger partial charge in [0, 0.05) is 9.89 Å². The summed E-state index contributed by atoms with van der Waals surface area (Å²) in [5, 5.41) is 3.88. The van der Waals surface area contributed by atoms with Gasteiger partial charge >= 0.3 is 0 Å². The number of carbonyl (C=O) groups is 1. The number of carbonyl (C=O) groups excluding carboxylic acids is 1. The van der Waals surface area contributed by atoms with Gasteiger partial charge < -0.3 is 0 Å². The molecule has 3 nitrogen and oxygen atoms in total. The smallest absolute Gasteiger partial charge is 0.209 e. The molecule has 0 spiro atoms. The predicted molar refractivity (Wildman–Crippen MR) is 81.2 cm³/mol. The molecule has 0 atom stereocenters. The van der Waals surface area contributed by atoms with Crippen molar-refractivity contribution < 1.29 is 9.18 Å². The largest absolute Gasteiger partial charge is 0.287 e. The zero-order chi connectivity index (χ0) is 15.1. The highest BCUT2D eigenvalue weighted by molar-refractivity contribution is 9.10. The number of hydrogen-bond acceptors (Lipinski definition) is 4. The summed E-state index contributed by atoms with van der Waals surface area (Å²) in [6.45, 7) is 5.77. The van der Waals surface area contributed by atoms with Crippen LogP contribution in [0, 0.1) is 5.82 Å². The normalized spacial score (nSPS) is 11.7. The van der Waals surface area contributed by atoms with Crippen molar-refractivity contribution in [1.82, 2.24) is 9.59 Å². The van der Waals surface area contributed by atoms with Crippen molar-refractivity contribution in [2.45, 2.75) is 26.2 Å². The molecule has 0 saturated heterocycles. The average molecular weight is 378 g/mol. The molecule has 2 aromatic rings. The number of halogens is 3. The summed E-state index contributed by atoms with van der Waals surface area (Å²) in [6.07, 6.45) is 0. The molecule has 0 aliphatic rings. The molecule has 0 aliphatic carbocycles. The van der Waals surface area contributed by atoms with Crippen LogP contribution in [0.25, 0.3) is 0 Å². The van der Waals surface area contributed by atoms with E-state index in [9.17, 15) is 9.18 Å². The van der Waals surface area contributed by atoms with E-state index in [4.69, 9.17) is 11.6 Å². The van der Waals surface area contributed by atoms with Crippen LogP contribution in [0.4, 0.5) is 4.39 Å². The first-order valence-corrected chi connectivity index (χ1v) is 7.69. The molecule has 0 N–H and O–H groups in total. The van der Waals surface area contributed by atoms with Crippen LogP contribution < -0.4 is 0 Å². The topological polar surface area (TPSA) is 42.9 Å². The average Bonchev–Trinajstić information content (AvgIpc) is 2.84. The summed E-state index contributed by atoms with van der Waals surface area (Å²) >= 11 is 9.90. The molecule has 0 aliphatic heterocycles. The molecule has 106 valence electrons. The van der Waals surface area contributed by atoms with Gasteiger partial charge in [0.2, 0.25) is 5.78 Å². The van der Waals surface area contributed by atoms with Crippen LogP contribution in [0.3, 0.4) is 0 Å². The lowest BCUT2D eigenvalue weighted by Crippen LogP contribution is -2.17. The van der Waals surface area contributed by atoms with Gasteiger partial charge in [0.25, 0.3) is 0 Å². The van der Waals surface area contributed by atoms with Gasteiger partial charge in [-0.1, -0.05) is 36.9 Å². The maximum Gasteiger partial charge on any atom is 0.209 e. The third kappa shape index (κ3) is 2.77. The first-order chi connectivity index (χ1) is 9.23. The Hall–Kier alpha value is -0.850. The standard InChI is InChI=1S/C13H11BrClFN2OS/c1-13(2,3)12-11(20-18-17-12)10(19)6-4-5-7(14)8(15)9(6)16/h4-5H,1-3H3. The minimum atomic E-state index is -0.737. The molecule has 0 saturated carbocycles. The quantitative estimate of drug-likeness (QED) is 0.566. The van der Waals surface area contributed by atoms with Crippen molar-refractivity contribution in [3.63, 3.8) is 0 Å². The lowest BCUT2D eigenvalue weighted by molar-refractivity contribution is 0.103. The molecule has 2 rings (SSSR count). The second kappa shape index (κ2) is 5.50. The van der Waals surface area contributed by atoms with Crippen LogP contribution in [0.1, 0.15) is 41.7 Å². The monoisotopic (exact) mass is 376 g/mol. The summed E-state index contributed by atoms with van der Waals surface area (Å²) in [4.78, 5) is 12.8. The number of nitrogens with zero attached hydrogens (tertiary/aromatic N) is 2. The molecule has 0 radical (unpaired) electrons. The molecular weight excluding hydrogens is 367 g/mol. The number of ketones is 1. The molecule has 0 amide bonds. The lowest BCUT2D eigenvalue weighted by Gasteiger charge is -2.16. The zero-order valence-electron chi connectivity index (χ0n) is 11.0. The van der Waals surface area contributed by atoms with E-state index in [0.29, 0.717) is 15.0 Å². The second-order valence-electron chi connectivity index (χ2n) is 5.25. The van der Waals surface area contributed by atoms with E-state index in [1.54, 1.807) is 6.07 Å². The van der Waals surface area contributed by atoms with Crippen LogP contribution in [0.15, 0.2) is 16.6 Å². The van der Waals surface area contributed by atoms with E-state index in [0.717, 1.165) is 11.5 Å². The molecular formula is C13H11BrClFN2OS. The van der Waals surface area contributed by atoms with Gasteiger partial charge in [-0.3, -0.25) is 4.79 Å². The van der Waals surface area contributed by atoms with Gasteiger partial charge in [-0.05, 0) is 39.6 Å². The summed E-state index contributed by atoms with van der Waals surface area (Å²) in [6, 6.07) is 2.95. The van der Waals surface area contributed by atoms with Gasteiger partial charge in [-0.25, -0.2) is 4.39 Å². The summed E-state index contributed by atoms with van der Waals surface area (Å²) in [5.74, 6) is -1.18. The highest BCUT2D eigenvalue weighted by Crippen LogP contribution is 2.32. The Labute approximate surface area is 133 Å². The van der Waals surface area contributed by atoms with Crippen molar-refractivity contribution >= 4 is 44.8 Å². The maximum absolute atomic E-state index is 14.1. The molecule has 0 bridgehead atoms. The number of benzene rings is 1. The summed E-state index contributed by atoms with van der Waals surface area (Å²) in [5.41, 5.74) is 0.147. The second-order valence-corrected chi connectivity index (χ2v) is 7.24. The highest BCUT2D eigenvalue weighted by Gasteiger charge is 2.28. The van der Waals surface area contributed by atoms with Gasteiger partial charge in [0.1, 0.15) is 4.88 Å². The maximum atomic E-state index is 14.1. The number of rotatable bonds is 2. The zero-order valence-corrected chi connectivity index (χ0v) is 14.2. The van der Waals surface area contributed by atoms with E-state index in [2.05, 4.69) is 25.5 Å². The van der Waals surface area contributed by atoms with Crippen LogP contribution >= 0.6 is 39.1 Å². The van der Waals surface area contributed by atoms with Crippen molar-refractivity contribution in [3.05, 3.63) is 43.6 Å². The summed E-state index contributed by atoms with van der Waals surface area (Å²) < 4.78 is 18.3. The number of hydrogen-bond donors (Lipinski definition) is 0. The Kier molecular flexibility index (Phi) is 4.27. The van der Waals surface area contributed by atoms with Gasteiger partial charge in [-0.15, -0.1) is 5.10 Å². The molecule has 1 aromatic heterocycles. The van der Waals surface area contributed by atoms with E-state index in [-0.39, 0.29) is 16.0 Å². The highest BCUT2D eigenvalue weighted by atomic mass is 79.9. The predicted octanol–water partition coefficient (Wildman–Crippen LogP) is 4.62. The fraction of sp³-hybridized carbons (Fsp3) is 0.308. The van der Waals surface area contributed by atoms with Crippen molar-refractivity contribution in [2.24, 2.45) is 0 Å². The SMILES string of the molecule is CC(C)(C)c1nnsc1C(=O)c1ccc(Br)c(Cl)c1F. The molecule has 0 fully saturated rings. The minimum absolute atomic E-state index is 0.0743. The molecule has 20 heavy (non-hydrogen) atoms. The van der Waals surface area contributed by atoms with E-state index < -0.39 is 11.6 Å². The number of aromatic nitrogens is 2. The first-order valence-electron chi connectivity index (χ1n) is 5.74. The Morgan fingerprint density at radius 1 is 1.40 bits per heavy atom. The molecule has 7 heteroatoms. The van der Waals surface area contributed by atoms with Gasteiger partial charge in [0.15, 0.2) is 5.82 Å². The van der Waals surface area contributed by atoms with Crippen molar-refractivity contribution in [1.29, 1.82) is 0 Å². The summed E-state index contributed by atoms with van der Waals surface area (Å²) in [7, 11) is 0.